The lowest BCUT2D eigenvalue weighted by Gasteiger charge is -2.29. The first-order chi connectivity index (χ1) is 25.8. The van der Waals surface area contributed by atoms with Gasteiger partial charge in [0.25, 0.3) is 0 Å². The highest BCUT2D eigenvalue weighted by Crippen LogP contribution is 2.20. The van der Waals surface area contributed by atoms with Crippen LogP contribution < -0.4 is 20.1 Å². The molecule has 1 aliphatic rings. The summed E-state index contributed by atoms with van der Waals surface area (Å²) in [5, 5.41) is 23.9. The number of benzene rings is 4. The molecule has 1 atom stereocenters. The quantitative estimate of drug-likeness (QED) is 0.176. The van der Waals surface area contributed by atoms with Crippen LogP contribution in [0.15, 0.2) is 103 Å². The van der Waals surface area contributed by atoms with Crippen molar-refractivity contribution < 1.29 is 29.0 Å². The molecule has 1 aromatic heterocycles. The molecule has 53 heavy (non-hydrogen) atoms. The summed E-state index contributed by atoms with van der Waals surface area (Å²) in [5.74, 6) is 0.574. The first kappa shape index (κ1) is 36.6. The minimum absolute atomic E-state index is 0.0695. The molecule has 4 aromatic carbocycles. The lowest BCUT2D eigenvalue weighted by molar-refractivity contribution is -0.137. The molecular weight excluding hydrogens is 674 g/mol. The van der Waals surface area contributed by atoms with E-state index in [2.05, 4.69) is 25.8 Å². The summed E-state index contributed by atoms with van der Waals surface area (Å²) in [6.07, 6.45) is 1.82. The zero-order valence-electron chi connectivity index (χ0n) is 29.8. The Morgan fingerprint density at radius 2 is 1.51 bits per heavy atom. The van der Waals surface area contributed by atoms with E-state index in [1.54, 1.807) is 49.6 Å². The Morgan fingerprint density at radius 1 is 0.849 bits per heavy atom. The first-order valence-electron chi connectivity index (χ1n) is 17.4. The Morgan fingerprint density at radius 3 is 2.17 bits per heavy atom. The molecule has 0 unspecified atom stereocenters. The van der Waals surface area contributed by atoms with Gasteiger partial charge in [-0.1, -0.05) is 53.7 Å². The van der Waals surface area contributed by atoms with Crippen LogP contribution in [0.3, 0.4) is 0 Å². The van der Waals surface area contributed by atoms with Gasteiger partial charge in [0.15, 0.2) is 0 Å². The van der Waals surface area contributed by atoms with Crippen LogP contribution in [0.4, 0.5) is 0 Å². The lowest BCUT2D eigenvalue weighted by atomic mass is 10.0. The van der Waals surface area contributed by atoms with Crippen molar-refractivity contribution in [3.63, 3.8) is 0 Å². The van der Waals surface area contributed by atoms with Crippen LogP contribution >= 0.6 is 0 Å². The van der Waals surface area contributed by atoms with Crippen molar-refractivity contribution in [1.29, 1.82) is 0 Å². The van der Waals surface area contributed by atoms with Crippen LogP contribution in [0.2, 0.25) is 0 Å². The van der Waals surface area contributed by atoms with E-state index in [4.69, 9.17) is 9.47 Å². The van der Waals surface area contributed by atoms with E-state index in [9.17, 15) is 19.5 Å². The molecular formula is C40H43N7O6. The molecule has 6 rings (SSSR count). The molecule has 5 aromatic rings. The van der Waals surface area contributed by atoms with Gasteiger partial charge in [-0.05, 0) is 70.8 Å². The highest BCUT2D eigenvalue weighted by atomic mass is 16.5. The second kappa shape index (κ2) is 17.3. The normalized spacial score (nSPS) is 15.2. The Balaban J connectivity index is 1.23. The third-order valence-corrected chi connectivity index (χ3v) is 9.09. The molecule has 0 saturated carbocycles. The number of carbonyl (C=O) groups excluding carboxylic acids is 3. The molecule has 3 amide bonds. The number of nitrogens with one attached hydrogen (secondary N) is 2. The molecule has 0 spiro atoms. The van der Waals surface area contributed by atoms with Crippen molar-refractivity contribution in [3.05, 3.63) is 131 Å². The maximum absolute atomic E-state index is 14.0. The minimum Gasteiger partial charge on any atom is -0.508 e. The van der Waals surface area contributed by atoms with Gasteiger partial charge in [0.1, 0.15) is 23.3 Å². The first-order valence-corrected chi connectivity index (χ1v) is 17.4. The van der Waals surface area contributed by atoms with Crippen LogP contribution in [0, 0.1) is 0 Å². The molecule has 13 heteroatoms. The average Bonchev–Trinajstić information content (AvgIpc) is 3.64. The lowest BCUT2D eigenvalue weighted by Crippen LogP contribution is -2.52. The van der Waals surface area contributed by atoms with Crippen LogP contribution in [0.5, 0.6) is 17.2 Å². The van der Waals surface area contributed by atoms with Gasteiger partial charge in [-0.25, -0.2) is 4.68 Å². The Kier molecular flexibility index (Phi) is 12.0. The molecule has 0 fully saturated rings. The SMILES string of the molecule is COc1cccc(CN(CCN2CC(=O)N[C@H](Cc3cn(-c4ccc(O)cc4)nn3)C(=O)NCc3ccccc3CC2=O)Cc2cccc(OC)c2)c1. The van der Waals surface area contributed by atoms with Gasteiger partial charge in [0.05, 0.1) is 44.8 Å². The topological polar surface area (TPSA) is 151 Å². The summed E-state index contributed by atoms with van der Waals surface area (Å²) < 4.78 is 12.5. The number of phenols is 1. The zero-order valence-corrected chi connectivity index (χ0v) is 29.8. The van der Waals surface area contributed by atoms with Crippen LogP contribution in [-0.4, -0.2) is 87.5 Å². The van der Waals surface area contributed by atoms with Crippen molar-refractivity contribution in [3.8, 4) is 22.9 Å². The Hall–Kier alpha value is -6.21. The van der Waals surface area contributed by atoms with E-state index in [0.717, 1.165) is 33.8 Å². The number of rotatable bonds is 12. The number of ether oxygens (including phenoxy) is 2. The fraction of sp³-hybridized carbons (Fsp3) is 0.275. The van der Waals surface area contributed by atoms with Crippen LogP contribution in [-0.2, 0) is 46.9 Å². The van der Waals surface area contributed by atoms with Gasteiger partial charge in [-0.15, -0.1) is 5.10 Å². The number of hydrogen-bond acceptors (Lipinski definition) is 9. The summed E-state index contributed by atoms with van der Waals surface area (Å²) in [6, 6.07) is 28.7. The summed E-state index contributed by atoms with van der Waals surface area (Å²) in [4.78, 5) is 45.1. The summed E-state index contributed by atoms with van der Waals surface area (Å²) in [5.41, 5.74) is 4.82. The number of nitrogens with zero attached hydrogens (tertiary/aromatic N) is 5. The predicted molar refractivity (Wildman–Crippen MR) is 197 cm³/mol. The molecule has 0 radical (unpaired) electrons. The van der Waals surface area contributed by atoms with Gasteiger partial charge in [-0.3, -0.25) is 19.3 Å². The van der Waals surface area contributed by atoms with Crippen LogP contribution in [0.25, 0.3) is 5.69 Å². The highest BCUT2D eigenvalue weighted by molar-refractivity contribution is 5.91. The van der Waals surface area contributed by atoms with Gasteiger partial charge in [-0.2, -0.15) is 0 Å². The highest BCUT2D eigenvalue weighted by Gasteiger charge is 2.27. The summed E-state index contributed by atoms with van der Waals surface area (Å²) in [7, 11) is 3.27. The van der Waals surface area contributed by atoms with E-state index < -0.39 is 11.9 Å². The molecule has 3 N–H and O–H groups in total. The molecule has 0 bridgehead atoms. The maximum atomic E-state index is 14.0. The number of carbonyl (C=O) groups is 3. The minimum atomic E-state index is -0.978. The van der Waals surface area contributed by atoms with E-state index >= 15 is 0 Å². The maximum Gasteiger partial charge on any atom is 0.243 e. The zero-order chi connectivity index (χ0) is 37.2. The van der Waals surface area contributed by atoms with E-state index in [-0.39, 0.29) is 50.0 Å². The number of aromatic nitrogens is 3. The fourth-order valence-corrected chi connectivity index (χ4v) is 6.26. The van der Waals surface area contributed by atoms with E-state index in [1.807, 2.05) is 72.8 Å². The number of phenolic OH excluding ortho intramolecular Hbond substituents is 1. The molecule has 1 aliphatic heterocycles. The van der Waals surface area contributed by atoms with Gasteiger partial charge in [0.2, 0.25) is 17.7 Å². The third kappa shape index (κ3) is 9.98. The van der Waals surface area contributed by atoms with Gasteiger partial charge in [0, 0.05) is 39.1 Å². The number of methoxy groups -OCH3 is 2. The average molecular weight is 718 g/mol. The van der Waals surface area contributed by atoms with Crippen molar-refractivity contribution in [2.24, 2.45) is 0 Å². The number of fused-ring (bicyclic) bond motifs is 1. The Bertz CT molecular complexity index is 1980. The molecule has 0 aliphatic carbocycles. The molecule has 13 nitrogen and oxygen atoms in total. The summed E-state index contributed by atoms with van der Waals surface area (Å²) in [6.45, 7) is 1.80. The monoisotopic (exact) mass is 717 g/mol. The summed E-state index contributed by atoms with van der Waals surface area (Å²) >= 11 is 0. The van der Waals surface area contributed by atoms with Crippen LogP contribution in [0.1, 0.15) is 27.9 Å². The number of amides is 3. The van der Waals surface area contributed by atoms with Gasteiger partial charge >= 0.3 is 0 Å². The van der Waals surface area contributed by atoms with Gasteiger partial charge < -0.3 is 30.1 Å². The predicted octanol–water partition coefficient (Wildman–Crippen LogP) is 3.42. The number of aromatic hydroxyl groups is 1. The standard InChI is InChI=1S/C40H43N7O6/c1-52-35-11-5-7-28(19-35)24-45(25-29-8-6-12-36(20-29)53-2)17-18-46-27-38(49)42-37(22-32-26-47(44-43-32)33-13-15-34(48)16-14-33)40(51)41-23-31-10-4-3-9-30(31)21-39(46)50/h3-16,19-20,26,37,48H,17-18,21-25,27H2,1-2H3,(H,41,51)(H,42,49)/t37-/m1/s1. The molecule has 0 saturated heterocycles. The van der Waals surface area contributed by atoms with Crippen molar-refractivity contribution in [1.82, 2.24) is 35.4 Å². The fourth-order valence-electron chi connectivity index (χ4n) is 6.26. The number of hydrogen-bond donors (Lipinski definition) is 3. The second-order valence-electron chi connectivity index (χ2n) is 12.9. The van der Waals surface area contributed by atoms with E-state index in [0.29, 0.717) is 31.0 Å². The largest absolute Gasteiger partial charge is 0.508 e. The third-order valence-electron chi connectivity index (χ3n) is 9.09. The second-order valence-corrected chi connectivity index (χ2v) is 12.9. The molecule has 274 valence electrons. The van der Waals surface area contributed by atoms with Crippen molar-refractivity contribution in [2.45, 2.75) is 38.5 Å². The van der Waals surface area contributed by atoms with Crippen molar-refractivity contribution in [2.75, 3.05) is 33.9 Å². The van der Waals surface area contributed by atoms with Crippen molar-refractivity contribution >= 4 is 17.7 Å². The Labute approximate surface area is 308 Å². The molecule has 2 heterocycles. The van der Waals surface area contributed by atoms with E-state index in [1.165, 1.54) is 4.68 Å². The smallest absolute Gasteiger partial charge is 0.243 e.